The third-order valence-corrected chi connectivity index (χ3v) is 3.09. The third kappa shape index (κ3) is 3.58. The van der Waals surface area contributed by atoms with Gasteiger partial charge in [0.15, 0.2) is 0 Å². The van der Waals surface area contributed by atoms with E-state index in [1.54, 1.807) is 0 Å². The van der Waals surface area contributed by atoms with Gasteiger partial charge in [-0.1, -0.05) is 12.1 Å². The van der Waals surface area contributed by atoms with Gasteiger partial charge in [-0.3, -0.25) is 9.59 Å². The standard InChI is InChI=1S/C14H18N2O2/c1-10-4-2-7-12(8-10)16-14(18)9-13(17)15-11-5-3-6-11/h2,4,7-8,11H,3,5-6,9H2,1H3,(H,15,17)(H,16,18). The summed E-state index contributed by atoms with van der Waals surface area (Å²) in [5.41, 5.74) is 1.81. The summed E-state index contributed by atoms with van der Waals surface area (Å²) in [5.74, 6) is -0.456. The van der Waals surface area contributed by atoms with Crippen LogP contribution in [0.3, 0.4) is 0 Å². The normalized spacial score (nSPS) is 14.7. The Morgan fingerprint density at radius 2 is 2.06 bits per heavy atom. The fraction of sp³-hybridized carbons (Fsp3) is 0.429. The molecule has 1 fully saturated rings. The van der Waals surface area contributed by atoms with Gasteiger partial charge in [0.05, 0.1) is 0 Å². The van der Waals surface area contributed by atoms with Crippen LogP contribution in [0.2, 0.25) is 0 Å². The van der Waals surface area contributed by atoms with Gasteiger partial charge in [0.1, 0.15) is 6.42 Å². The predicted molar refractivity (Wildman–Crippen MR) is 70.2 cm³/mol. The lowest BCUT2D eigenvalue weighted by Crippen LogP contribution is -2.40. The average molecular weight is 246 g/mol. The van der Waals surface area contributed by atoms with E-state index in [4.69, 9.17) is 0 Å². The van der Waals surface area contributed by atoms with E-state index >= 15 is 0 Å². The Kier molecular flexibility index (Phi) is 3.97. The molecule has 18 heavy (non-hydrogen) atoms. The van der Waals surface area contributed by atoms with Gasteiger partial charge in [-0.15, -0.1) is 0 Å². The van der Waals surface area contributed by atoms with E-state index in [0.717, 1.165) is 24.1 Å². The van der Waals surface area contributed by atoms with Crippen molar-refractivity contribution >= 4 is 17.5 Å². The summed E-state index contributed by atoms with van der Waals surface area (Å²) < 4.78 is 0. The molecule has 1 saturated carbocycles. The maximum Gasteiger partial charge on any atom is 0.233 e. The molecule has 1 aliphatic rings. The topological polar surface area (TPSA) is 58.2 Å². The van der Waals surface area contributed by atoms with Gasteiger partial charge in [-0.2, -0.15) is 0 Å². The molecule has 0 atom stereocenters. The minimum absolute atomic E-state index is 0.107. The molecule has 0 aliphatic heterocycles. The lowest BCUT2D eigenvalue weighted by atomic mass is 9.93. The SMILES string of the molecule is Cc1cccc(NC(=O)CC(=O)NC2CCC2)c1. The van der Waals surface area contributed by atoms with Crippen molar-refractivity contribution in [2.24, 2.45) is 0 Å². The molecule has 2 amide bonds. The Morgan fingerprint density at radius 1 is 1.28 bits per heavy atom. The Labute approximate surface area is 107 Å². The second-order valence-corrected chi connectivity index (χ2v) is 4.79. The van der Waals surface area contributed by atoms with Crippen molar-refractivity contribution in [3.05, 3.63) is 29.8 Å². The van der Waals surface area contributed by atoms with Crippen molar-refractivity contribution in [2.45, 2.75) is 38.6 Å². The van der Waals surface area contributed by atoms with E-state index in [0.29, 0.717) is 0 Å². The molecule has 0 heterocycles. The lowest BCUT2D eigenvalue weighted by molar-refractivity contribution is -0.127. The number of nitrogens with one attached hydrogen (secondary N) is 2. The Morgan fingerprint density at radius 3 is 2.67 bits per heavy atom. The summed E-state index contributed by atoms with van der Waals surface area (Å²) in [6.45, 7) is 1.96. The van der Waals surface area contributed by atoms with Crippen LogP contribution in [-0.2, 0) is 9.59 Å². The summed E-state index contributed by atoms with van der Waals surface area (Å²) in [5, 5.41) is 5.57. The maximum atomic E-state index is 11.7. The Balaban J connectivity index is 1.79. The molecule has 4 nitrogen and oxygen atoms in total. The molecule has 0 unspecified atom stereocenters. The van der Waals surface area contributed by atoms with Crippen molar-refractivity contribution in [3.8, 4) is 0 Å². The van der Waals surface area contributed by atoms with Gasteiger partial charge in [0.25, 0.3) is 0 Å². The van der Waals surface area contributed by atoms with Gasteiger partial charge in [0, 0.05) is 11.7 Å². The Hall–Kier alpha value is -1.84. The van der Waals surface area contributed by atoms with Gasteiger partial charge >= 0.3 is 0 Å². The van der Waals surface area contributed by atoms with Crippen LogP contribution >= 0.6 is 0 Å². The highest BCUT2D eigenvalue weighted by Crippen LogP contribution is 2.18. The van der Waals surface area contributed by atoms with Crippen molar-refractivity contribution < 1.29 is 9.59 Å². The van der Waals surface area contributed by atoms with Crippen LogP contribution < -0.4 is 10.6 Å². The van der Waals surface area contributed by atoms with Crippen LogP contribution in [0.15, 0.2) is 24.3 Å². The van der Waals surface area contributed by atoms with Crippen molar-refractivity contribution in [1.29, 1.82) is 0 Å². The average Bonchev–Trinajstić information content (AvgIpc) is 2.23. The van der Waals surface area contributed by atoms with Crippen LogP contribution in [0.4, 0.5) is 5.69 Å². The number of hydrogen-bond acceptors (Lipinski definition) is 2. The largest absolute Gasteiger partial charge is 0.353 e. The zero-order chi connectivity index (χ0) is 13.0. The number of aryl methyl sites for hydroxylation is 1. The first-order valence-electron chi connectivity index (χ1n) is 6.29. The number of anilines is 1. The summed E-state index contributed by atoms with van der Waals surface area (Å²) in [6, 6.07) is 7.80. The molecule has 0 aromatic heterocycles. The minimum atomic E-state index is -0.266. The minimum Gasteiger partial charge on any atom is -0.353 e. The molecule has 2 rings (SSSR count). The number of amides is 2. The smallest absolute Gasteiger partial charge is 0.233 e. The van der Waals surface area contributed by atoms with Gasteiger partial charge in [0.2, 0.25) is 11.8 Å². The van der Waals surface area contributed by atoms with Crippen LogP contribution in [0, 0.1) is 6.92 Å². The fourth-order valence-corrected chi connectivity index (χ4v) is 1.91. The monoisotopic (exact) mass is 246 g/mol. The molecule has 96 valence electrons. The number of rotatable bonds is 4. The first kappa shape index (κ1) is 12.6. The van der Waals surface area contributed by atoms with Crippen molar-refractivity contribution in [1.82, 2.24) is 5.32 Å². The second-order valence-electron chi connectivity index (χ2n) is 4.79. The zero-order valence-electron chi connectivity index (χ0n) is 10.5. The molecule has 0 radical (unpaired) electrons. The lowest BCUT2D eigenvalue weighted by Gasteiger charge is -2.26. The highest BCUT2D eigenvalue weighted by molar-refractivity contribution is 6.03. The number of carbonyl (C=O) groups is 2. The van der Waals surface area contributed by atoms with E-state index in [-0.39, 0.29) is 24.3 Å². The molecule has 0 bridgehead atoms. The quantitative estimate of drug-likeness (QED) is 0.798. The van der Waals surface area contributed by atoms with E-state index in [1.807, 2.05) is 31.2 Å². The van der Waals surface area contributed by atoms with Crippen LogP contribution in [0.1, 0.15) is 31.2 Å². The summed E-state index contributed by atoms with van der Waals surface area (Å²) >= 11 is 0. The highest BCUT2D eigenvalue weighted by atomic mass is 16.2. The van der Waals surface area contributed by atoms with Crippen LogP contribution in [-0.4, -0.2) is 17.9 Å². The zero-order valence-corrected chi connectivity index (χ0v) is 10.5. The molecule has 2 N–H and O–H groups in total. The maximum absolute atomic E-state index is 11.7. The number of benzene rings is 1. The Bertz CT molecular complexity index is 453. The molecule has 1 aromatic carbocycles. The van der Waals surface area contributed by atoms with E-state index in [1.165, 1.54) is 6.42 Å². The van der Waals surface area contributed by atoms with Crippen LogP contribution in [0.5, 0.6) is 0 Å². The molecular weight excluding hydrogens is 228 g/mol. The van der Waals surface area contributed by atoms with Crippen LogP contribution in [0.25, 0.3) is 0 Å². The van der Waals surface area contributed by atoms with E-state index < -0.39 is 0 Å². The first-order valence-corrected chi connectivity index (χ1v) is 6.29. The van der Waals surface area contributed by atoms with E-state index in [2.05, 4.69) is 10.6 Å². The number of carbonyl (C=O) groups excluding carboxylic acids is 2. The fourth-order valence-electron chi connectivity index (χ4n) is 1.91. The van der Waals surface area contributed by atoms with Crippen molar-refractivity contribution in [2.75, 3.05) is 5.32 Å². The first-order chi connectivity index (χ1) is 8.63. The molecule has 0 spiro atoms. The van der Waals surface area contributed by atoms with Crippen molar-refractivity contribution in [3.63, 3.8) is 0 Å². The number of hydrogen-bond donors (Lipinski definition) is 2. The highest BCUT2D eigenvalue weighted by Gasteiger charge is 2.20. The molecular formula is C14H18N2O2. The summed E-state index contributed by atoms with van der Waals surface area (Å²) in [6.07, 6.45) is 3.13. The van der Waals surface area contributed by atoms with Gasteiger partial charge in [-0.05, 0) is 43.9 Å². The van der Waals surface area contributed by atoms with Gasteiger partial charge in [-0.25, -0.2) is 0 Å². The van der Waals surface area contributed by atoms with Gasteiger partial charge < -0.3 is 10.6 Å². The summed E-state index contributed by atoms with van der Waals surface area (Å²) in [7, 11) is 0. The second kappa shape index (κ2) is 5.67. The molecule has 1 aromatic rings. The van der Waals surface area contributed by atoms with E-state index in [9.17, 15) is 9.59 Å². The molecule has 1 aliphatic carbocycles. The third-order valence-electron chi connectivity index (χ3n) is 3.09. The predicted octanol–water partition coefficient (Wildman–Crippen LogP) is 1.99. The molecule has 0 saturated heterocycles. The molecule has 4 heteroatoms. The summed E-state index contributed by atoms with van der Waals surface area (Å²) in [4.78, 5) is 23.2.